The Bertz CT molecular complexity index is 663. The maximum atomic E-state index is 12.7. The van der Waals surface area contributed by atoms with Crippen LogP contribution in [0.1, 0.15) is 61.1 Å². The first-order valence-corrected chi connectivity index (χ1v) is 12.3. The molecule has 1 aromatic heterocycles. The predicted molar refractivity (Wildman–Crippen MR) is 115 cm³/mol. The van der Waals surface area contributed by atoms with Crippen LogP contribution in [0.3, 0.4) is 0 Å². The van der Waals surface area contributed by atoms with Crippen molar-refractivity contribution in [2.24, 2.45) is 0 Å². The number of imide groups is 1. The first-order valence-electron chi connectivity index (χ1n) is 9.40. The van der Waals surface area contributed by atoms with Gasteiger partial charge >= 0.3 is 177 Å². The van der Waals surface area contributed by atoms with Gasteiger partial charge in [0.15, 0.2) is 0 Å². The average Bonchev–Trinajstić information content (AvgIpc) is 2.91. The van der Waals surface area contributed by atoms with Gasteiger partial charge < -0.3 is 0 Å². The molecule has 1 heterocycles. The molecule has 0 saturated heterocycles. The summed E-state index contributed by atoms with van der Waals surface area (Å²) in [5.74, 6) is 0. The van der Waals surface area contributed by atoms with Crippen molar-refractivity contribution in [3.8, 4) is 0 Å². The molecule has 0 fully saturated rings. The van der Waals surface area contributed by atoms with Gasteiger partial charge in [-0.2, -0.15) is 0 Å². The number of nitrogens with zero attached hydrogens (tertiary/aromatic N) is 2. The molecule has 0 aliphatic heterocycles. The summed E-state index contributed by atoms with van der Waals surface area (Å²) in [7, 11) is -3.45. The first kappa shape index (κ1) is 25.7. The molecule has 0 bridgehead atoms. The van der Waals surface area contributed by atoms with Gasteiger partial charge in [-0.15, -0.1) is 0 Å². The summed E-state index contributed by atoms with van der Waals surface area (Å²) in [6.45, 7) is 14.3. The summed E-state index contributed by atoms with van der Waals surface area (Å²) in [6.07, 6.45) is -1.73. The van der Waals surface area contributed by atoms with Gasteiger partial charge in [0.1, 0.15) is 0 Å². The zero-order chi connectivity index (χ0) is 22.5. The summed E-state index contributed by atoms with van der Waals surface area (Å²) in [6, 6.07) is 0. The van der Waals surface area contributed by atoms with E-state index < -0.39 is 31.3 Å². The third kappa shape index (κ3) is 8.92. The second kappa shape index (κ2) is 10.1. The van der Waals surface area contributed by atoms with E-state index in [4.69, 9.17) is 18.5 Å². The van der Waals surface area contributed by atoms with E-state index in [0.29, 0.717) is 18.9 Å². The summed E-state index contributed by atoms with van der Waals surface area (Å²) < 4.78 is 21.5. The normalized spacial score (nSPS) is 13.1. The van der Waals surface area contributed by atoms with Gasteiger partial charge in [0, 0.05) is 0 Å². The number of rotatable bonds is 7. The molecule has 0 unspecified atom stereocenters. The molecule has 1 rings (SSSR count). The maximum absolute atomic E-state index is 12.7. The molecule has 11 heteroatoms. The minimum absolute atomic E-state index is 0.0572. The molecule has 0 saturated carbocycles. The first-order chi connectivity index (χ1) is 13.2. The van der Waals surface area contributed by atoms with Crippen molar-refractivity contribution in [2.75, 3.05) is 18.1 Å². The van der Waals surface area contributed by atoms with Crippen LogP contribution < -0.4 is 4.90 Å². The SMILES string of the molecule is CCO[PH](O)(Cc1csc(N(C(=O)OC(C)(C)C)C(=O)OC(C)(C)C)n1)OCC. The molecular weight excluding hydrogens is 419 g/mol. The zero-order valence-electron chi connectivity index (χ0n) is 18.4. The van der Waals surface area contributed by atoms with E-state index >= 15 is 0 Å². The Balaban J connectivity index is 3.17. The number of thiazole rings is 1. The Morgan fingerprint density at radius 3 is 1.86 bits per heavy atom. The second-order valence-corrected chi connectivity index (χ2v) is 11.4. The van der Waals surface area contributed by atoms with Crippen molar-refractivity contribution < 1.29 is 33.0 Å². The van der Waals surface area contributed by atoms with Crippen molar-refractivity contribution in [3.63, 3.8) is 0 Å². The summed E-state index contributed by atoms with van der Waals surface area (Å²) >= 11 is 1.06. The van der Waals surface area contributed by atoms with E-state index in [9.17, 15) is 14.5 Å². The molecule has 0 radical (unpaired) electrons. The second-order valence-electron chi connectivity index (χ2n) is 8.17. The van der Waals surface area contributed by atoms with E-state index in [2.05, 4.69) is 4.98 Å². The van der Waals surface area contributed by atoms with Crippen LogP contribution in [0.5, 0.6) is 0 Å². The number of carbonyl (C=O) groups excluding carboxylic acids is 2. The standard InChI is InChI=1S/C18H33N2O7PS/c1-9-24-28(23,25-10-2)11-13-12-29-14(19-13)20(15(21)26-17(3,4)5)16(22)27-18(6,7)8/h12,23,28H,9-11H2,1-8H3. The van der Waals surface area contributed by atoms with Crippen molar-refractivity contribution in [1.29, 1.82) is 0 Å². The molecule has 0 atom stereocenters. The Morgan fingerprint density at radius 1 is 1.03 bits per heavy atom. The van der Waals surface area contributed by atoms with Crippen LogP contribution in [0.25, 0.3) is 0 Å². The minimum atomic E-state index is -3.45. The van der Waals surface area contributed by atoms with Crippen LogP contribution in [-0.2, 0) is 24.7 Å². The van der Waals surface area contributed by atoms with Gasteiger partial charge in [0.2, 0.25) is 0 Å². The fourth-order valence-electron chi connectivity index (χ4n) is 2.15. The molecule has 9 nitrogen and oxygen atoms in total. The van der Waals surface area contributed by atoms with Gasteiger partial charge in [-0.25, -0.2) is 0 Å². The van der Waals surface area contributed by atoms with Crippen LogP contribution in [0.4, 0.5) is 14.7 Å². The number of carbonyl (C=O) groups is 2. The number of ether oxygens (including phenoxy) is 2. The monoisotopic (exact) mass is 452 g/mol. The van der Waals surface area contributed by atoms with Gasteiger partial charge in [-0.3, -0.25) is 0 Å². The van der Waals surface area contributed by atoms with Crippen LogP contribution in [-0.4, -0.2) is 46.5 Å². The van der Waals surface area contributed by atoms with Crippen LogP contribution >= 0.6 is 19.3 Å². The summed E-state index contributed by atoms with van der Waals surface area (Å²) in [5.41, 5.74) is -1.18. The fraction of sp³-hybridized carbons (Fsp3) is 0.722. The van der Waals surface area contributed by atoms with Gasteiger partial charge in [0.05, 0.1) is 0 Å². The molecule has 1 N–H and O–H groups in total. The molecule has 168 valence electrons. The van der Waals surface area contributed by atoms with Crippen molar-refractivity contribution >= 4 is 36.6 Å². The van der Waals surface area contributed by atoms with E-state index in [1.807, 2.05) is 0 Å². The van der Waals surface area contributed by atoms with Crippen molar-refractivity contribution in [1.82, 2.24) is 4.98 Å². The van der Waals surface area contributed by atoms with E-state index in [-0.39, 0.29) is 11.3 Å². The average molecular weight is 453 g/mol. The molecule has 0 aliphatic rings. The molecule has 2 amide bonds. The van der Waals surface area contributed by atoms with E-state index in [1.165, 1.54) is 0 Å². The third-order valence-corrected chi connectivity index (χ3v) is 6.19. The molecular formula is C18H33N2O7PS. The number of hydrogen-bond donors (Lipinski definition) is 1. The Labute approximate surface area is 176 Å². The van der Waals surface area contributed by atoms with Crippen LogP contribution in [0.15, 0.2) is 5.38 Å². The van der Waals surface area contributed by atoms with Gasteiger partial charge in [-0.05, 0) is 0 Å². The van der Waals surface area contributed by atoms with Gasteiger partial charge in [-0.1, -0.05) is 0 Å². The Kier molecular flexibility index (Phi) is 8.98. The number of amides is 2. The Morgan fingerprint density at radius 2 is 1.48 bits per heavy atom. The van der Waals surface area contributed by atoms with Crippen molar-refractivity contribution in [3.05, 3.63) is 11.1 Å². The number of hydrogen-bond acceptors (Lipinski definition) is 9. The number of aromatic nitrogens is 1. The zero-order valence-corrected chi connectivity index (χ0v) is 20.2. The molecule has 0 aliphatic carbocycles. The third-order valence-electron chi connectivity index (χ3n) is 3.03. The number of anilines is 1. The quantitative estimate of drug-likeness (QED) is 0.583. The molecule has 0 spiro atoms. The van der Waals surface area contributed by atoms with Gasteiger partial charge in [0.25, 0.3) is 0 Å². The summed E-state index contributed by atoms with van der Waals surface area (Å²) in [4.78, 5) is 41.0. The summed E-state index contributed by atoms with van der Waals surface area (Å²) in [5, 5.41) is 1.71. The predicted octanol–water partition coefficient (Wildman–Crippen LogP) is 4.88. The molecule has 29 heavy (non-hydrogen) atoms. The van der Waals surface area contributed by atoms with E-state index in [1.54, 1.807) is 60.8 Å². The Hall–Kier alpha value is -1.32. The van der Waals surface area contributed by atoms with Crippen molar-refractivity contribution in [2.45, 2.75) is 72.8 Å². The van der Waals surface area contributed by atoms with Crippen LogP contribution in [0.2, 0.25) is 0 Å². The fourth-order valence-corrected chi connectivity index (χ4v) is 4.93. The molecule has 0 aromatic carbocycles. The topological polar surface area (TPSA) is 107 Å². The molecule has 1 aromatic rings. The van der Waals surface area contributed by atoms with Crippen LogP contribution in [0, 0.1) is 0 Å². The van der Waals surface area contributed by atoms with E-state index in [0.717, 1.165) is 16.2 Å².